The van der Waals surface area contributed by atoms with Crippen LogP contribution >= 0.6 is 0 Å². The molecule has 2 aromatic carbocycles. The van der Waals surface area contributed by atoms with Gasteiger partial charge in [0, 0.05) is 54.7 Å². The minimum absolute atomic E-state index is 0.0142. The Morgan fingerprint density at radius 2 is 1.88 bits per heavy atom. The largest absolute Gasteiger partial charge is 0.493 e. The van der Waals surface area contributed by atoms with Gasteiger partial charge in [0.1, 0.15) is 23.7 Å². The fourth-order valence-electron chi connectivity index (χ4n) is 6.42. The molecule has 1 N–H and O–H groups in total. The molecule has 1 aromatic heterocycles. The zero-order valence-electron chi connectivity index (χ0n) is 23.9. The maximum absolute atomic E-state index is 15.2. The van der Waals surface area contributed by atoms with Crippen molar-refractivity contribution in [3.63, 3.8) is 0 Å². The summed E-state index contributed by atoms with van der Waals surface area (Å²) in [7, 11) is 0. The van der Waals surface area contributed by atoms with Gasteiger partial charge < -0.3 is 24.3 Å². The number of hydrogen-bond donors (Lipinski definition) is 1. The fraction of sp³-hybridized carbons (Fsp3) is 0.469. The Morgan fingerprint density at radius 3 is 2.63 bits per heavy atom. The van der Waals surface area contributed by atoms with Gasteiger partial charge >= 0.3 is 0 Å². The second-order valence-electron chi connectivity index (χ2n) is 11.8. The first-order chi connectivity index (χ1) is 20.9. The van der Waals surface area contributed by atoms with Crippen molar-refractivity contribution in [2.24, 2.45) is 17.8 Å². The monoisotopic (exact) mass is 592 g/mol. The molecule has 7 rings (SSSR count). The quantitative estimate of drug-likeness (QED) is 0.349. The number of benzene rings is 2. The lowest BCUT2D eigenvalue weighted by Gasteiger charge is -2.24. The lowest BCUT2D eigenvalue weighted by molar-refractivity contribution is -0.116. The Hall–Kier alpha value is -3.51. The molecule has 226 valence electrons. The van der Waals surface area contributed by atoms with Crippen LogP contribution in [0.25, 0.3) is 10.9 Å². The Labute approximate surface area is 248 Å². The van der Waals surface area contributed by atoms with E-state index in [4.69, 9.17) is 18.9 Å². The van der Waals surface area contributed by atoms with Gasteiger partial charge in [0.05, 0.1) is 50.8 Å². The van der Waals surface area contributed by atoms with Crippen molar-refractivity contribution in [2.45, 2.75) is 25.6 Å². The van der Waals surface area contributed by atoms with Gasteiger partial charge in [-0.05, 0) is 54.7 Å². The van der Waals surface area contributed by atoms with Crippen LogP contribution in [0.2, 0.25) is 0 Å². The summed E-state index contributed by atoms with van der Waals surface area (Å²) >= 11 is 0. The highest BCUT2D eigenvalue weighted by molar-refractivity contribution is 5.97. The van der Waals surface area contributed by atoms with Gasteiger partial charge in [0.25, 0.3) is 0 Å². The number of likely N-dealkylation sites (tertiary alicyclic amines) is 1. The highest BCUT2D eigenvalue weighted by Gasteiger charge is 2.54. The molecule has 0 bridgehead atoms. The smallest absolute Gasteiger partial charge is 0.195 e. The van der Waals surface area contributed by atoms with E-state index >= 15 is 4.39 Å². The van der Waals surface area contributed by atoms with E-state index in [2.05, 4.69) is 15.3 Å². The van der Waals surface area contributed by atoms with Gasteiger partial charge in [-0.15, -0.1) is 0 Å². The molecule has 1 aliphatic carbocycles. The molecule has 3 aliphatic heterocycles. The third-order valence-corrected chi connectivity index (χ3v) is 8.98. The molecule has 43 heavy (non-hydrogen) atoms. The number of nitrogens with zero attached hydrogens (tertiary/aromatic N) is 3. The van der Waals surface area contributed by atoms with Crippen LogP contribution < -0.4 is 10.1 Å². The van der Waals surface area contributed by atoms with Crippen molar-refractivity contribution in [2.75, 3.05) is 58.0 Å². The van der Waals surface area contributed by atoms with Crippen LogP contribution in [-0.4, -0.2) is 85.5 Å². The first kappa shape index (κ1) is 28.3. The van der Waals surface area contributed by atoms with E-state index < -0.39 is 11.6 Å². The number of Topliss-reactive ketones (excluding diaryl/α,β-unsaturated/α-hetero) is 1. The normalized spacial score (nSPS) is 26.8. The summed E-state index contributed by atoms with van der Waals surface area (Å²) in [5.74, 6) is 0.687. The van der Waals surface area contributed by atoms with E-state index in [1.807, 2.05) is 4.90 Å². The molecule has 3 saturated heterocycles. The second-order valence-corrected chi connectivity index (χ2v) is 11.8. The molecular formula is C32H34F2N4O5. The van der Waals surface area contributed by atoms with Crippen molar-refractivity contribution in [1.29, 1.82) is 0 Å². The number of aromatic nitrogens is 2. The zero-order chi connectivity index (χ0) is 29.5. The Balaban J connectivity index is 1.12. The van der Waals surface area contributed by atoms with Gasteiger partial charge in [-0.25, -0.2) is 18.7 Å². The number of nitrogens with one attached hydrogen (secondary N) is 1. The summed E-state index contributed by atoms with van der Waals surface area (Å²) in [5.41, 5.74) is 2.31. The molecule has 9 nitrogen and oxygen atoms in total. The Morgan fingerprint density at radius 1 is 1.12 bits per heavy atom. The average molecular weight is 593 g/mol. The molecule has 4 fully saturated rings. The number of aryl methyl sites for hydroxylation is 1. The lowest BCUT2D eigenvalue weighted by Crippen LogP contribution is -2.36. The summed E-state index contributed by atoms with van der Waals surface area (Å²) < 4.78 is 52.2. The molecule has 11 heteroatoms. The minimum Gasteiger partial charge on any atom is -0.493 e. The summed E-state index contributed by atoms with van der Waals surface area (Å²) in [4.78, 5) is 24.0. The number of hydrogen-bond acceptors (Lipinski definition) is 9. The number of halogens is 2. The van der Waals surface area contributed by atoms with Crippen LogP contribution in [0.5, 0.6) is 5.75 Å². The molecule has 1 saturated carbocycles. The molecule has 0 amide bonds. The zero-order valence-corrected chi connectivity index (χ0v) is 23.9. The molecule has 3 aromatic rings. The van der Waals surface area contributed by atoms with Crippen LogP contribution in [-0.2, 0) is 25.4 Å². The summed E-state index contributed by atoms with van der Waals surface area (Å²) in [6.45, 7) is 6.39. The van der Waals surface area contributed by atoms with Crippen LogP contribution in [0, 0.1) is 30.5 Å². The molecule has 4 atom stereocenters. The van der Waals surface area contributed by atoms with Crippen LogP contribution in [0.1, 0.15) is 11.1 Å². The van der Waals surface area contributed by atoms with E-state index in [0.29, 0.717) is 96.5 Å². The molecule has 0 spiro atoms. The number of carbonyl (C=O) groups is 1. The number of carbonyl (C=O) groups excluding carboxylic acids is 1. The number of ketones is 1. The number of allylic oxidation sites excluding steroid dienone is 1. The average Bonchev–Trinajstić information content (AvgIpc) is 3.31. The van der Waals surface area contributed by atoms with Crippen molar-refractivity contribution in [3.8, 4) is 5.75 Å². The number of ether oxygens (including phenoxy) is 4. The van der Waals surface area contributed by atoms with E-state index in [0.717, 1.165) is 13.2 Å². The third-order valence-electron chi connectivity index (χ3n) is 8.98. The summed E-state index contributed by atoms with van der Waals surface area (Å²) in [5, 5.41) is 3.87. The van der Waals surface area contributed by atoms with Gasteiger partial charge in [-0.3, -0.25) is 9.69 Å². The number of anilines is 2. The van der Waals surface area contributed by atoms with Crippen LogP contribution in [0.3, 0.4) is 0 Å². The first-order valence-corrected chi connectivity index (χ1v) is 14.8. The predicted molar refractivity (Wildman–Crippen MR) is 155 cm³/mol. The molecule has 4 heterocycles. The van der Waals surface area contributed by atoms with E-state index in [1.54, 1.807) is 31.2 Å². The van der Waals surface area contributed by atoms with Crippen molar-refractivity contribution < 1.29 is 32.5 Å². The second kappa shape index (κ2) is 11.9. The molecule has 0 radical (unpaired) electrons. The van der Waals surface area contributed by atoms with E-state index in [1.165, 1.54) is 18.5 Å². The molecule has 4 aliphatic rings. The first-order valence-electron chi connectivity index (χ1n) is 14.8. The van der Waals surface area contributed by atoms with Gasteiger partial charge in [-0.1, -0.05) is 0 Å². The summed E-state index contributed by atoms with van der Waals surface area (Å²) in [6.07, 6.45) is 2.56. The van der Waals surface area contributed by atoms with Gasteiger partial charge in [0.2, 0.25) is 0 Å². The third kappa shape index (κ3) is 5.99. The minimum atomic E-state index is -0.791. The Kier molecular flexibility index (Phi) is 7.81. The van der Waals surface area contributed by atoms with Gasteiger partial charge in [-0.2, -0.15) is 0 Å². The lowest BCUT2D eigenvalue weighted by atomic mass is 10.0. The maximum atomic E-state index is 15.2. The molecule has 2 unspecified atom stereocenters. The predicted octanol–water partition coefficient (Wildman–Crippen LogP) is 4.16. The molecular weight excluding hydrogens is 558 g/mol. The van der Waals surface area contributed by atoms with Crippen molar-refractivity contribution in [3.05, 3.63) is 65.5 Å². The maximum Gasteiger partial charge on any atom is 0.195 e. The topological polar surface area (TPSA) is 95.0 Å². The fourth-order valence-corrected chi connectivity index (χ4v) is 6.42. The Bertz CT molecular complexity index is 1540. The van der Waals surface area contributed by atoms with Crippen molar-refractivity contribution >= 4 is 28.2 Å². The van der Waals surface area contributed by atoms with Gasteiger partial charge in [0.15, 0.2) is 11.6 Å². The SMILES string of the molecule is Cc1cc(Nc2ncnc3cc(OCC4C5COCC54)c(CC(=O)/C(F)=C\CN4C[C@@H]5OCCO[C@H]5C4)cc23)ccc1F. The highest BCUT2D eigenvalue weighted by Crippen LogP contribution is 2.50. The highest BCUT2D eigenvalue weighted by atomic mass is 19.1. The number of rotatable bonds is 10. The van der Waals surface area contributed by atoms with Crippen LogP contribution in [0.15, 0.2) is 48.6 Å². The van der Waals surface area contributed by atoms with E-state index in [9.17, 15) is 9.18 Å². The summed E-state index contributed by atoms with van der Waals surface area (Å²) in [6, 6.07) is 8.27. The number of fused-ring (bicyclic) bond motifs is 3. The van der Waals surface area contributed by atoms with E-state index in [-0.39, 0.29) is 24.4 Å². The van der Waals surface area contributed by atoms with Crippen LogP contribution in [0.4, 0.5) is 20.3 Å². The van der Waals surface area contributed by atoms with Crippen molar-refractivity contribution in [1.82, 2.24) is 14.9 Å². The standard InChI is InChI=1S/C32H34F2N4O5/c1-18-8-20(2-3-25(18)33)37-32-21-9-19(10-28(39)26(34)4-5-38-12-30-31(13-38)42-7-6-41-30)29(11-27(21)35-17-36-32)43-16-24-22-14-40-15-23(22)24/h2-4,8-9,11,17,22-24,30-31H,5-7,10,12-16H2,1H3,(H,35,36,37)/b26-4+/t22?,23?,24?,30-,31-/m0/s1.